The van der Waals surface area contributed by atoms with Crippen LogP contribution in [0.1, 0.15) is 22.8 Å². The number of phenolic OH excluding ortho intramolecular Hbond substituents is 1. The van der Waals surface area contributed by atoms with Gasteiger partial charge in [-0.15, -0.1) is 0 Å². The van der Waals surface area contributed by atoms with Crippen molar-refractivity contribution in [1.82, 2.24) is 10.2 Å². The van der Waals surface area contributed by atoms with Crippen molar-refractivity contribution in [1.29, 1.82) is 0 Å². The summed E-state index contributed by atoms with van der Waals surface area (Å²) >= 11 is 0. The minimum Gasteiger partial charge on any atom is -0.505 e. The second-order valence-corrected chi connectivity index (χ2v) is 6.35. The fourth-order valence-electron chi connectivity index (χ4n) is 3.15. The van der Waals surface area contributed by atoms with Crippen LogP contribution in [0.5, 0.6) is 5.75 Å². The molecule has 1 unspecified atom stereocenters. The molecule has 0 radical (unpaired) electrons. The number of nitrogens with one attached hydrogen (secondary N) is 1. The summed E-state index contributed by atoms with van der Waals surface area (Å²) in [5.74, 6) is -0.210. The zero-order valence-corrected chi connectivity index (χ0v) is 15.1. The number of halogens is 1. The number of rotatable bonds is 3. The van der Waals surface area contributed by atoms with E-state index in [4.69, 9.17) is 4.74 Å². The van der Waals surface area contributed by atoms with Crippen LogP contribution in [-0.4, -0.2) is 42.7 Å². The van der Waals surface area contributed by atoms with Gasteiger partial charge >= 0.3 is 0 Å². The fourth-order valence-corrected chi connectivity index (χ4v) is 3.15. The molecular formula is C20H24FN3O2. The second-order valence-electron chi connectivity index (χ2n) is 6.35. The average molecular weight is 357 g/mol. The second kappa shape index (κ2) is 8.19. The highest BCUT2D eigenvalue weighted by Crippen LogP contribution is 2.25. The first kappa shape index (κ1) is 18.2. The quantitative estimate of drug-likeness (QED) is 0.655. The molecule has 0 bridgehead atoms. The van der Waals surface area contributed by atoms with Gasteiger partial charge in [0, 0.05) is 20.1 Å². The van der Waals surface area contributed by atoms with Gasteiger partial charge in [0.2, 0.25) is 0 Å². The van der Waals surface area contributed by atoms with E-state index in [1.165, 1.54) is 23.3 Å². The van der Waals surface area contributed by atoms with Gasteiger partial charge in [0.15, 0.2) is 17.5 Å². The van der Waals surface area contributed by atoms with Gasteiger partial charge in [-0.05, 0) is 35.7 Å². The molecule has 0 aromatic heterocycles. The van der Waals surface area contributed by atoms with Gasteiger partial charge in [-0.1, -0.05) is 30.3 Å². The highest BCUT2D eigenvalue weighted by molar-refractivity contribution is 5.80. The van der Waals surface area contributed by atoms with E-state index in [9.17, 15) is 9.50 Å². The van der Waals surface area contributed by atoms with Crippen molar-refractivity contribution < 1.29 is 14.2 Å². The number of morpholine rings is 1. The summed E-state index contributed by atoms with van der Waals surface area (Å²) in [6, 6.07) is 12.6. The van der Waals surface area contributed by atoms with Crippen molar-refractivity contribution in [3.63, 3.8) is 0 Å². The van der Waals surface area contributed by atoms with Gasteiger partial charge < -0.3 is 20.1 Å². The maximum atomic E-state index is 13.5. The van der Waals surface area contributed by atoms with E-state index in [1.807, 2.05) is 12.1 Å². The molecule has 26 heavy (non-hydrogen) atoms. The third-order valence-corrected chi connectivity index (χ3v) is 4.58. The SMILES string of the molecule is CN=C(NCc1ccc(O)c(F)c1)N1CCOC(c2ccccc2C)C1. The first-order valence-corrected chi connectivity index (χ1v) is 8.68. The number of aliphatic imine (C=N–C) groups is 1. The Morgan fingerprint density at radius 1 is 1.35 bits per heavy atom. The van der Waals surface area contributed by atoms with E-state index < -0.39 is 5.82 Å². The number of ether oxygens (including phenoxy) is 1. The number of aromatic hydroxyl groups is 1. The molecule has 3 rings (SSSR count). The number of guanidine groups is 1. The number of nitrogens with zero attached hydrogens (tertiary/aromatic N) is 2. The number of phenols is 1. The van der Waals surface area contributed by atoms with Gasteiger partial charge in [0.05, 0.1) is 13.2 Å². The lowest BCUT2D eigenvalue weighted by atomic mass is 10.0. The maximum absolute atomic E-state index is 13.5. The van der Waals surface area contributed by atoms with Crippen molar-refractivity contribution in [3.8, 4) is 5.75 Å². The van der Waals surface area contributed by atoms with Crippen LogP contribution in [0.2, 0.25) is 0 Å². The summed E-state index contributed by atoms with van der Waals surface area (Å²) in [7, 11) is 1.73. The molecule has 1 saturated heterocycles. The standard InChI is InChI=1S/C20H24FN3O2/c1-14-5-3-4-6-16(14)19-13-24(9-10-26-19)20(22-2)23-12-15-7-8-18(25)17(21)11-15/h3-8,11,19,25H,9-10,12-13H2,1-2H3,(H,22,23). The number of hydrogen-bond acceptors (Lipinski definition) is 3. The summed E-state index contributed by atoms with van der Waals surface area (Å²) in [5, 5.41) is 12.6. The molecule has 0 amide bonds. The molecule has 2 aromatic carbocycles. The Balaban J connectivity index is 1.66. The molecule has 0 saturated carbocycles. The minimum absolute atomic E-state index is 0.00498. The van der Waals surface area contributed by atoms with Crippen molar-refractivity contribution in [2.45, 2.75) is 19.6 Å². The van der Waals surface area contributed by atoms with E-state index in [0.29, 0.717) is 19.7 Å². The Bertz CT molecular complexity index is 794. The van der Waals surface area contributed by atoms with E-state index in [2.05, 4.69) is 34.3 Å². The topological polar surface area (TPSA) is 57.1 Å². The molecule has 1 fully saturated rings. The highest BCUT2D eigenvalue weighted by atomic mass is 19.1. The lowest BCUT2D eigenvalue weighted by Gasteiger charge is -2.35. The lowest BCUT2D eigenvalue weighted by molar-refractivity contribution is -0.00833. The molecule has 0 spiro atoms. The molecular weight excluding hydrogens is 333 g/mol. The van der Waals surface area contributed by atoms with Gasteiger partial charge in [0.1, 0.15) is 6.10 Å². The Morgan fingerprint density at radius 3 is 2.88 bits per heavy atom. The Kier molecular flexibility index (Phi) is 5.73. The van der Waals surface area contributed by atoms with Crippen molar-refractivity contribution in [3.05, 3.63) is 65.0 Å². The molecule has 2 aromatic rings. The molecule has 1 atom stereocenters. The van der Waals surface area contributed by atoms with Crippen molar-refractivity contribution in [2.24, 2.45) is 4.99 Å². The summed E-state index contributed by atoms with van der Waals surface area (Å²) < 4.78 is 19.4. The predicted molar refractivity (Wildman–Crippen MR) is 99.7 cm³/mol. The molecule has 1 aliphatic heterocycles. The van der Waals surface area contributed by atoms with Crippen LogP contribution in [0.3, 0.4) is 0 Å². The van der Waals surface area contributed by atoms with Gasteiger partial charge in [-0.2, -0.15) is 0 Å². The van der Waals surface area contributed by atoms with Crippen LogP contribution in [0.4, 0.5) is 4.39 Å². The van der Waals surface area contributed by atoms with E-state index in [1.54, 1.807) is 13.1 Å². The van der Waals surface area contributed by atoms with Crippen LogP contribution >= 0.6 is 0 Å². The lowest BCUT2D eigenvalue weighted by Crippen LogP contribution is -2.48. The highest BCUT2D eigenvalue weighted by Gasteiger charge is 2.25. The summed E-state index contributed by atoms with van der Waals surface area (Å²) in [6.07, 6.45) is -0.00498. The Hall–Kier alpha value is -2.60. The third-order valence-electron chi connectivity index (χ3n) is 4.58. The van der Waals surface area contributed by atoms with Crippen LogP contribution in [-0.2, 0) is 11.3 Å². The average Bonchev–Trinajstić information content (AvgIpc) is 2.66. The fraction of sp³-hybridized carbons (Fsp3) is 0.350. The van der Waals surface area contributed by atoms with Gasteiger partial charge in [0.25, 0.3) is 0 Å². The smallest absolute Gasteiger partial charge is 0.194 e. The minimum atomic E-state index is -0.620. The van der Waals surface area contributed by atoms with Crippen LogP contribution in [0.25, 0.3) is 0 Å². The van der Waals surface area contributed by atoms with Crippen LogP contribution in [0, 0.1) is 12.7 Å². The van der Waals surface area contributed by atoms with E-state index in [-0.39, 0.29) is 11.9 Å². The third kappa shape index (κ3) is 4.14. The molecule has 1 aliphatic rings. The number of hydrogen-bond donors (Lipinski definition) is 2. The van der Waals surface area contributed by atoms with E-state index in [0.717, 1.165) is 18.1 Å². The summed E-state index contributed by atoms with van der Waals surface area (Å²) in [5.41, 5.74) is 3.14. The molecule has 6 heteroatoms. The van der Waals surface area contributed by atoms with Gasteiger partial charge in [-0.25, -0.2) is 4.39 Å². The normalized spacial score (nSPS) is 18.0. The van der Waals surface area contributed by atoms with Crippen molar-refractivity contribution in [2.75, 3.05) is 26.7 Å². The van der Waals surface area contributed by atoms with E-state index >= 15 is 0 Å². The molecule has 0 aliphatic carbocycles. The summed E-state index contributed by atoms with van der Waals surface area (Å²) in [6.45, 7) is 4.58. The zero-order valence-electron chi connectivity index (χ0n) is 15.1. The molecule has 138 valence electrons. The Morgan fingerprint density at radius 2 is 2.15 bits per heavy atom. The largest absolute Gasteiger partial charge is 0.505 e. The number of benzene rings is 2. The Labute approximate surface area is 153 Å². The molecule has 1 heterocycles. The maximum Gasteiger partial charge on any atom is 0.194 e. The first-order valence-electron chi connectivity index (χ1n) is 8.68. The van der Waals surface area contributed by atoms with Crippen LogP contribution < -0.4 is 5.32 Å². The van der Waals surface area contributed by atoms with Crippen molar-refractivity contribution >= 4 is 5.96 Å². The monoisotopic (exact) mass is 357 g/mol. The predicted octanol–water partition coefficient (Wildman–Crippen LogP) is 2.99. The molecule has 5 nitrogen and oxygen atoms in total. The van der Waals surface area contributed by atoms with Gasteiger partial charge in [-0.3, -0.25) is 4.99 Å². The summed E-state index contributed by atoms with van der Waals surface area (Å²) in [4.78, 5) is 6.50. The van der Waals surface area contributed by atoms with Crippen LogP contribution in [0.15, 0.2) is 47.5 Å². The first-order chi connectivity index (χ1) is 12.6. The zero-order chi connectivity index (χ0) is 18.5. The molecule has 2 N–H and O–H groups in total. The number of aryl methyl sites for hydroxylation is 1.